The lowest BCUT2D eigenvalue weighted by molar-refractivity contribution is -0.131. The molecule has 2 aromatic rings. The smallest absolute Gasteiger partial charge is 0.246 e. The van der Waals surface area contributed by atoms with Gasteiger partial charge in [-0.15, -0.1) is 11.3 Å². The molecule has 0 unspecified atom stereocenters. The van der Waals surface area contributed by atoms with Crippen LogP contribution in [0.4, 0.5) is 0 Å². The van der Waals surface area contributed by atoms with E-state index in [2.05, 4.69) is 10.3 Å². The molecule has 0 aliphatic rings. The number of fused-ring (bicyclic) bond motifs is 1. The normalized spacial score (nSPS) is 11.8. The van der Waals surface area contributed by atoms with E-state index in [1.165, 1.54) is 22.3 Å². The number of hydrogen-bond donors (Lipinski definition) is 1. The molecule has 2 amide bonds. The quantitative estimate of drug-likeness (QED) is 0.876. The van der Waals surface area contributed by atoms with Crippen molar-refractivity contribution >= 4 is 39.4 Å². The molecule has 1 aromatic heterocycles. The summed E-state index contributed by atoms with van der Waals surface area (Å²) in [5.74, 6) is -0.407. The van der Waals surface area contributed by atoms with E-state index in [1.54, 1.807) is 13.1 Å². The lowest BCUT2D eigenvalue weighted by Crippen LogP contribution is -2.46. The maximum atomic E-state index is 12.1. The van der Waals surface area contributed by atoms with Crippen molar-refractivity contribution in [2.24, 2.45) is 0 Å². The van der Waals surface area contributed by atoms with Gasteiger partial charge in [-0.3, -0.25) is 9.59 Å². The third-order valence-corrected chi connectivity index (χ3v) is 3.95. The minimum absolute atomic E-state index is 0.0281. The van der Waals surface area contributed by atoms with Crippen LogP contribution in [-0.4, -0.2) is 40.8 Å². The minimum atomic E-state index is -0.308. The highest BCUT2D eigenvalue weighted by atomic mass is 32.1. The highest BCUT2D eigenvalue weighted by Crippen LogP contribution is 2.22. The average molecular weight is 331 g/mol. The number of rotatable bonds is 4. The maximum Gasteiger partial charge on any atom is 0.246 e. The molecule has 0 bridgehead atoms. The molecule has 2 rings (SSSR count). The molecular weight excluding hydrogens is 310 g/mol. The fourth-order valence-electron chi connectivity index (χ4n) is 1.98. The van der Waals surface area contributed by atoms with Crippen molar-refractivity contribution in [2.45, 2.75) is 26.3 Å². The Hall–Kier alpha value is -2.21. The molecule has 122 valence electrons. The summed E-state index contributed by atoms with van der Waals surface area (Å²) in [6.07, 6.45) is 3.13. The largest absolute Gasteiger partial charge is 0.350 e. The molecule has 0 aliphatic carbocycles. The van der Waals surface area contributed by atoms with Gasteiger partial charge < -0.3 is 10.2 Å². The number of amides is 2. The molecule has 0 aliphatic heterocycles. The highest BCUT2D eigenvalue weighted by Gasteiger charge is 2.16. The summed E-state index contributed by atoms with van der Waals surface area (Å²) in [6, 6.07) is 7.83. The number of nitrogens with one attached hydrogen (secondary N) is 1. The molecular formula is C17H21N3O2S. The van der Waals surface area contributed by atoms with Crippen molar-refractivity contribution in [1.82, 2.24) is 15.2 Å². The van der Waals surface area contributed by atoms with Gasteiger partial charge in [0, 0.05) is 18.7 Å². The molecule has 0 radical (unpaired) electrons. The van der Waals surface area contributed by atoms with E-state index >= 15 is 0 Å². The summed E-state index contributed by atoms with van der Waals surface area (Å²) in [7, 11) is 1.60. The monoisotopic (exact) mass is 331 g/mol. The van der Waals surface area contributed by atoms with Gasteiger partial charge in [-0.25, -0.2) is 4.98 Å². The fourth-order valence-corrected chi connectivity index (χ4v) is 2.85. The van der Waals surface area contributed by atoms with E-state index in [4.69, 9.17) is 0 Å². The molecule has 0 saturated heterocycles. The second kappa shape index (κ2) is 6.91. The van der Waals surface area contributed by atoms with Gasteiger partial charge in [0.15, 0.2) is 0 Å². The van der Waals surface area contributed by atoms with Crippen molar-refractivity contribution in [3.05, 3.63) is 35.3 Å². The first-order valence-electron chi connectivity index (χ1n) is 7.34. The summed E-state index contributed by atoms with van der Waals surface area (Å²) in [4.78, 5) is 29.7. The van der Waals surface area contributed by atoms with Gasteiger partial charge in [-0.1, -0.05) is 12.1 Å². The van der Waals surface area contributed by atoms with Crippen molar-refractivity contribution in [3.8, 4) is 0 Å². The number of nitrogens with zero attached hydrogens (tertiary/aromatic N) is 2. The van der Waals surface area contributed by atoms with Crippen molar-refractivity contribution in [2.75, 3.05) is 13.6 Å². The van der Waals surface area contributed by atoms with Gasteiger partial charge in [-0.2, -0.15) is 0 Å². The summed E-state index contributed by atoms with van der Waals surface area (Å²) in [5, 5.41) is 3.60. The second-order valence-electron chi connectivity index (χ2n) is 6.35. The van der Waals surface area contributed by atoms with Gasteiger partial charge >= 0.3 is 0 Å². The zero-order valence-corrected chi connectivity index (χ0v) is 14.6. The standard InChI is InChI=1S/C17H21N3O2S/c1-17(2,3)19-14(21)11-20(4)16(22)10-9-15-18-12-7-5-6-8-13(12)23-15/h5-10H,11H2,1-4H3,(H,19,21). The number of carbonyl (C=O) groups is 2. The van der Waals surface area contributed by atoms with Crippen LogP contribution in [-0.2, 0) is 9.59 Å². The molecule has 6 heteroatoms. The van der Waals surface area contributed by atoms with Crippen molar-refractivity contribution in [3.63, 3.8) is 0 Å². The predicted molar refractivity (Wildman–Crippen MR) is 94.2 cm³/mol. The third kappa shape index (κ3) is 5.17. The molecule has 0 atom stereocenters. The zero-order chi connectivity index (χ0) is 17.0. The van der Waals surface area contributed by atoms with E-state index in [1.807, 2.05) is 45.0 Å². The molecule has 1 N–H and O–H groups in total. The van der Waals surface area contributed by atoms with Gasteiger partial charge in [-0.05, 0) is 39.0 Å². The van der Waals surface area contributed by atoms with Crippen LogP contribution < -0.4 is 5.32 Å². The van der Waals surface area contributed by atoms with Crippen LogP contribution in [0.25, 0.3) is 16.3 Å². The number of likely N-dealkylation sites (N-methyl/N-ethyl adjacent to an activating group) is 1. The Morgan fingerprint density at radius 2 is 2.00 bits per heavy atom. The maximum absolute atomic E-state index is 12.1. The van der Waals surface area contributed by atoms with E-state index in [-0.39, 0.29) is 23.9 Å². The van der Waals surface area contributed by atoms with Crippen LogP contribution in [0.5, 0.6) is 0 Å². The molecule has 5 nitrogen and oxygen atoms in total. The third-order valence-electron chi connectivity index (χ3n) is 2.95. The number of para-hydroxylation sites is 1. The molecule has 1 heterocycles. The number of hydrogen-bond acceptors (Lipinski definition) is 4. The first-order chi connectivity index (χ1) is 10.7. The van der Waals surface area contributed by atoms with Crippen LogP contribution in [0.1, 0.15) is 25.8 Å². The van der Waals surface area contributed by atoms with E-state index < -0.39 is 0 Å². The minimum Gasteiger partial charge on any atom is -0.350 e. The number of carbonyl (C=O) groups excluding carboxylic acids is 2. The summed E-state index contributed by atoms with van der Waals surface area (Å²) < 4.78 is 1.08. The zero-order valence-electron chi connectivity index (χ0n) is 13.8. The molecule has 0 saturated carbocycles. The summed E-state index contributed by atoms with van der Waals surface area (Å²) in [5.41, 5.74) is 0.611. The van der Waals surface area contributed by atoms with Crippen molar-refractivity contribution in [1.29, 1.82) is 0 Å². The van der Waals surface area contributed by atoms with Gasteiger partial charge in [0.2, 0.25) is 11.8 Å². The van der Waals surface area contributed by atoms with Crippen LogP contribution in [0, 0.1) is 0 Å². The Labute approximate surface area is 140 Å². The first-order valence-corrected chi connectivity index (χ1v) is 8.16. The number of aromatic nitrogens is 1. The molecule has 0 spiro atoms. The number of thiazole rings is 1. The van der Waals surface area contributed by atoms with E-state index in [9.17, 15) is 9.59 Å². The van der Waals surface area contributed by atoms with Crippen LogP contribution in [0.2, 0.25) is 0 Å². The SMILES string of the molecule is CN(CC(=O)NC(C)(C)C)C(=O)C=Cc1nc2ccccc2s1. The molecule has 0 fully saturated rings. The van der Waals surface area contributed by atoms with Crippen LogP contribution in [0.3, 0.4) is 0 Å². The Balaban J connectivity index is 1.96. The Morgan fingerprint density at radius 3 is 2.65 bits per heavy atom. The Morgan fingerprint density at radius 1 is 1.30 bits per heavy atom. The Bertz CT molecular complexity index is 711. The Kier molecular flexibility index (Phi) is 5.15. The number of benzene rings is 1. The van der Waals surface area contributed by atoms with Crippen molar-refractivity contribution < 1.29 is 9.59 Å². The summed E-state index contributed by atoms with van der Waals surface area (Å²) >= 11 is 1.52. The predicted octanol–water partition coefficient (Wildman–Crippen LogP) is 2.68. The van der Waals surface area contributed by atoms with Gasteiger partial charge in [0.25, 0.3) is 0 Å². The van der Waals surface area contributed by atoms with Gasteiger partial charge in [0.1, 0.15) is 5.01 Å². The van der Waals surface area contributed by atoms with Crippen LogP contribution >= 0.6 is 11.3 Å². The summed E-state index contributed by atoms with van der Waals surface area (Å²) in [6.45, 7) is 5.74. The van der Waals surface area contributed by atoms with Gasteiger partial charge in [0.05, 0.1) is 16.8 Å². The fraction of sp³-hybridized carbons (Fsp3) is 0.353. The highest BCUT2D eigenvalue weighted by molar-refractivity contribution is 7.19. The average Bonchev–Trinajstić information content (AvgIpc) is 2.85. The lowest BCUT2D eigenvalue weighted by Gasteiger charge is -2.22. The topological polar surface area (TPSA) is 62.3 Å². The van der Waals surface area contributed by atoms with Crippen LogP contribution in [0.15, 0.2) is 30.3 Å². The molecule has 23 heavy (non-hydrogen) atoms. The lowest BCUT2D eigenvalue weighted by atomic mass is 10.1. The van der Waals surface area contributed by atoms with E-state index in [0.29, 0.717) is 0 Å². The molecule has 1 aromatic carbocycles. The first kappa shape index (κ1) is 17.1. The second-order valence-corrected chi connectivity index (χ2v) is 7.41. The van der Waals surface area contributed by atoms with E-state index in [0.717, 1.165) is 15.2 Å².